The van der Waals surface area contributed by atoms with E-state index < -0.39 is 5.41 Å². The van der Waals surface area contributed by atoms with Crippen molar-refractivity contribution in [2.75, 3.05) is 7.11 Å². The van der Waals surface area contributed by atoms with Gasteiger partial charge in [0.05, 0.1) is 18.6 Å². The van der Waals surface area contributed by atoms with Gasteiger partial charge in [0.15, 0.2) is 0 Å². The maximum absolute atomic E-state index is 13.5. The van der Waals surface area contributed by atoms with Crippen LogP contribution in [0.5, 0.6) is 5.75 Å². The van der Waals surface area contributed by atoms with Crippen molar-refractivity contribution in [2.45, 2.75) is 43.7 Å². The molecular formula is C28H28N2O2. The van der Waals surface area contributed by atoms with Crippen LogP contribution in [0.25, 0.3) is 0 Å². The Morgan fingerprint density at radius 3 is 2.28 bits per heavy atom. The number of hydrogen-bond acceptors (Lipinski definition) is 3. The first kappa shape index (κ1) is 21.6. The second kappa shape index (κ2) is 9.70. The predicted octanol–water partition coefficient (Wildman–Crippen LogP) is 5.74. The van der Waals surface area contributed by atoms with Gasteiger partial charge in [-0.25, -0.2) is 0 Å². The predicted molar refractivity (Wildman–Crippen MR) is 125 cm³/mol. The molecule has 32 heavy (non-hydrogen) atoms. The Labute approximate surface area is 190 Å². The standard InChI is InChI=1S/C28H28N2O2/c1-32-26-14-8-13-24(19-26)28(21-29)17-15-25(16-18-28)30(20-22-9-4-2-5-10-22)27(31)23-11-6-3-7-12-23/h2-14,19,25H,15-18,20H2,1H3/t25-,28+. The zero-order chi connectivity index (χ0) is 22.4. The fourth-order valence-electron chi connectivity index (χ4n) is 4.69. The number of methoxy groups -OCH3 is 1. The van der Waals surface area contributed by atoms with Crippen LogP contribution >= 0.6 is 0 Å². The Kier molecular flexibility index (Phi) is 6.56. The normalized spacial score (nSPS) is 20.2. The first-order valence-corrected chi connectivity index (χ1v) is 11.1. The number of hydrogen-bond donors (Lipinski definition) is 0. The van der Waals surface area contributed by atoms with Crippen LogP contribution in [-0.4, -0.2) is 24.0 Å². The van der Waals surface area contributed by atoms with Crippen LogP contribution in [0.2, 0.25) is 0 Å². The molecule has 0 bridgehead atoms. The molecule has 0 atom stereocenters. The van der Waals surface area contributed by atoms with Crippen LogP contribution in [-0.2, 0) is 12.0 Å². The summed E-state index contributed by atoms with van der Waals surface area (Å²) in [6.45, 7) is 0.567. The average molecular weight is 425 g/mol. The molecule has 1 aliphatic carbocycles. The highest BCUT2D eigenvalue weighted by Crippen LogP contribution is 2.41. The summed E-state index contributed by atoms with van der Waals surface area (Å²) in [5, 5.41) is 10.1. The third kappa shape index (κ3) is 4.53. The molecule has 0 spiro atoms. The minimum atomic E-state index is -0.542. The van der Waals surface area contributed by atoms with Gasteiger partial charge in [0.1, 0.15) is 5.75 Å². The molecule has 0 radical (unpaired) electrons. The number of benzene rings is 3. The van der Waals surface area contributed by atoms with Gasteiger partial charge in [-0.3, -0.25) is 4.79 Å². The maximum Gasteiger partial charge on any atom is 0.254 e. The molecule has 4 rings (SSSR count). The second-order valence-electron chi connectivity index (χ2n) is 8.44. The molecule has 0 saturated heterocycles. The molecule has 0 heterocycles. The molecule has 162 valence electrons. The minimum absolute atomic E-state index is 0.0466. The molecule has 0 N–H and O–H groups in total. The SMILES string of the molecule is COc1cccc([C@]2(C#N)CC[C@H](N(Cc3ccccc3)C(=O)c3ccccc3)CC2)c1. The van der Waals surface area contributed by atoms with Crippen LogP contribution < -0.4 is 4.74 Å². The van der Waals surface area contributed by atoms with Gasteiger partial charge in [-0.2, -0.15) is 5.26 Å². The lowest BCUT2D eigenvalue weighted by Crippen LogP contribution is -2.44. The number of carbonyl (C=O) groups is 1. The average Bonchev–Trinajstić information content (AvgIpc) is 2.88. The van der Waals surface area contributed by atoms with Gasteiger partial charge < -0.3 is 9.64 Å². The van der Waals surface area contributed by atoms with E-state index in [4.69, 9.17) is 4.74 Å². The summed E-state index contributed by atoms with van der Waals surface area (Å²) in [5.74, 6) is 0.814. The summed E-state index contributed by atoms with van der Waals surface area (Å²) in [5.41, 5.74) is 2.27. The highest BCUT2D eigenvalue weighted by Gasteiger charge is 2.40. The number of rotatable bonds is 6. The van der Waals surface area contributed by atoms with E-state index >= 15 is 0 Å². The molecule has 1 amide bonds. The van der Waals surface area contributed by atoms with Gasteiger partial charge in [0.25, 0.3) is 5.91 Å². The Bertz CT molecular complexity index is 1080. The monoisotopic (exact) mass is 424 g/mol. The van der Waals surface area contributed by atoms with Crippen molar-refractivity contribution >= 4 is 5.91 Å². The van der Waals surface area contributed by atoms with E-state index in [0.29, 0.717) is 24.9 Å². The molecule has 4 heteroatoms. The van der Waals surface area contributed by atoms with E-state index in [0.717, 1.165) is 29.7 Å². The van der Waals surface area contributed by atoms with Gasteiger partial charge in [-0.05, 0) is 61.1 Å². The molecule has 0 unspecified atom stereocenters. The highest BCUT2D eigenvalue weighted by atomic mass is 16.5. The van der Waals surface area contributed by atoms with Gasteiger partial charge in [0.2, 0.25) is 0 Å². The molecule has 3 aromatic carbocycles. The summed E-state index contributed by atoms with van der Waals surface area (Å²) in [4.78, 5) is 15.5. The van der Waals surface area contributed by atoms with Crippen molar-refractivity contribution in [3.63, 3.8) is 0 Å². The molecule has 1 saturated carbocycles. The third-order valence-corrected chi connectivity index (χ3v) is 6.56. The highest BCUT2D eigenvalue weighted by molar-refractivity contribution is 5.94. The zero-order valence-corrected chi connectivity index (χ0v) is 18.4. The van der Waals surface area contributed by atoms with Crippen molar-refractivity contribution < 1.29 is 9.53 Å². The van der Waals surface area contributed by atoms with Gasteiger partial charge in [-0.15, -0.1) is 0 Å². The summed E-state index contributed by atoms with van der Waals surface area (Å²) < 4.78 is 5.38. The Morgan fingerprint density at radius 2 is 1.66 bits per heavy atom. The van der Waals surface area contributed by atoms with Crippen molar-refractivity contribution in [1.29, 1.82) is 5.26 Å². The van der Waals surface area contributed by atoms with E-state index in [1.807, 2.05) is 77.7 Å². The lowest BCUT2D eigenvalue weighted by molar-refractivity contribution is 0.0589. The van der Waals surface area contributed by atoms with Gasteiger partial charge in [0, 0.05) is 18.2 Å². The van der Waals surface area contributed by atoms with Crippen molar-refractivity contribution in [1.82, 2.24) is 4.90 Å². The number of carbonyl (C=O) groups excluding carboxylic acids is 1. The van der Waals surface area contributed by atoms with E-state index in [2.05, 4.69) is 18.2 Å². The van der Waals surface area contributed by atoms with Gasteiger partial charge in [-0.1, -0.05) is 60.7 Å². The Morgan fingerprint density at radius 1 is 1.00 bits per heavy atom. The molecule has 0 aliphatic heterocycles. The van der Waals surface area contributed by atoms with E-state index in [-0.39, 0.29) is 11.9 Å². The van der Waals surface area contributed by atoms with Crippen LogP contribution in [0.1, 0.15) is 47.2 Å². The summed E-state index contributed by atoms with van der Waals surface area (Å²) in [6.07, 6.45) is 3.01. The number of amides is 1. The van der Waals surface area contributed by atoms with Crippen molar-refractivity contribution in [2.24, 2.45) is 0 Å². The van der Waals surface area contributed by atoms with Crippen molar-refractivity contribution in [3.8, 4) is 11.8 Å². The number of nitriles is 1. The molecule has 1 fully saturated rings. The summed E-state index contributed by atoms with van der Waals surface area (Å²) in [7, 11) is 1.64. The smallest absolute Gasteiger partial charge is 0.254 e. The topological polar surface area (TPSA) is 53.3 Å². The maximum atomic E-state index is 13.5. The van der Waals surface area contributed by atoms with Crippen LogP contribution in [0.4, 0.5) is 0 Å². The second-order valence-corrected chi connectivity index (χ2v) is 8.44. The lowest BCUT2D eigenvalue weighted by Gasteiger charge is -2.40. The van der Waals surface area contributed by atoms with Crippen LogP contribution in [0.3, 0.4) is 0 Å². The number of nitrogens with zero attached hydrogens (tertiary/aromatic N) is 2. The number of ether oxygens (including phenoxy) is 1. The Hall–Kier alpha value is -3.58. The minimum Gasteiger partial charge on any atom is -0.497 e. The molecule has 3 aromatic rings. The molecule has 0 aromatic heterocycles. The molecule has 1 aliphatic rings. The van der Waals surface area contributed by atoms with E-state index in [1.54, 1.807) is 7.11 Å². The first-order valence-electron chi connectivity index (χ1n) is 11.1. The first-order chi connectivity index (χ1) is 15.6. The van der Waals surface area contributed by atoms with E-state index in [1.165, 1.54) is 0 Å². The fourth-order valence-corrected chi connectivity index (χ4v) is 4.69. The molecule has 4 nitrogen and oxygen atoms in total. The Balaban J connectivity index is 1.58. The van der Waals surface area contributed by atoms with Gasteiger partial charge >= 0.3 is 0 Å². The van der Waals surface area contributed by atoms with Crippen LogP contribution in [0.15, 0.2) is 84.9 Å². The van der Waals surface area contributed by atoms with Crippen molar-refractivity contribution in [3.05, 3.63) is 102 Å². The summed E-state index contributed by atoms with van der Waals surface area (Å²) >= 11 is 0. The summed E-state index contributed by atoms with van der Waals surface area (Å²) in [6, 6.07) is 30.1. The quantitative estimate of drug-likeness (QED) is 0.507. The lowest BCUT2D eigenvalue weighted by atomic mass is 9.69. The zero-order valence-electron chi connectivity index (χ0n) is 18.4. The van der Waals surface area contributed by atoms with Crippen LogP contribution in [0, 0.1) is 11.3 Å². The van der Waals surface area contributed by atoms with E-state index in [9.17, 15) is 10.1 Å². The third-order valence-electron chi connectivity index (χ3n) is 6.56. The molecular weight excluding hydrogens is 396 g/mol. The fraction of sp³-hybridized carbons (Fsp3) is 0.286. The largest absolute Gasteiger partial charge is 0.497 e.